The molecule has 2 heterocycles. The molecule has 10 heteroatoms. The number of hydrogen-bond acceptors (Lipinski definition) is 5. The first-order chi connectivity index (χ1) is 14.3. The molecule has 1 atom stereocenters. The fourth-order valence-electron chi connectivity index (χ4n) is 3.41. The van der Waals surface area contributed by atoms with Crippen molar-refractivity contribution in [2.45, 2.75) is 19.1 Å². The molecule has 1 aromatic carbocycles. The second kappa shape index (κ2) is 9.75. The Bertz CT molecular complexity index is 825. The van der Waals surface area contributed by atoms with Crippen LogP contribution in [0.4, 0.5) is 23.9 Å². The summed E-state index contributed by atoms with van der Waals surface area (Å²) in [7, 11) is 0. The molecule has 2 N–H and O–H groups in total. The van der Waals surface area contributed by atoms with Crippen molar-refractivity contribution in [3.63, 3.8) is 0 Å². The molecule has 0 aliphatic carbocycles. The Morgan fingerprint density at radius 3 is 2.43 bits per heavy atom. The van der Waals surface area contributed by atoms with Gasteiger partial charge in [-0.15, -0.1) is 0 Å². The maximum Gasteiger partial charge on any atom is 0.416 e. The Hall–Kier alpha value is -2.88. The zero-order chi connectivity index (χ0) is 21.6. The molecule has 0 spiro atoms. The van der Waals surface area contributed by atoms with Crippen molar-refractivity contribution in [1.82, 2.24) is 25.5 Å². The van der Waals surface area contributed by atoms with Gasteiger partial charge in [-0.2, -0.15) is 13.2 Å². The number of aromatic nitrogens is 2. The minimum atomic E-state index is -4.46. The van der Waals surface area contributed by atoms with Crippen LogP contribution in [0.3, 0.4) is 0 Å². The third-order valence-electron chi connectivity index (χ3n) is 5.00. The summed E-state index contributed by atoms with van der Waals surface area (Å²) in [5.74, 6) is 0.711. The Labute approximate surface area is 173 Å². The molecule has 0 saturated carbocycles. The number of benzene rings is 1. The fourth-order valence-corrected chi connectivity index (χ4v) is 3.41. The second-order valence-corrected chi connectivity index (χ2v) is 7.08. The molecule has 3 rings (SSSR count). The Morgan fingerprint density at radius 2 is 1.77 bits per heavy atom. The van der Waals surface area contributed by atoms with Crippen LogP contribution in [-0.4, -0.2) is 60.2 Å². The van der Waals surface area contributed by atoms with Gasteiger partial charge in [0.05, 0.1) is 11.6 Å². The van der Waals surface area contributed by atoms with Crippen molar-refractivity contribution in [3.8, 4) is 0 Å². The predicted octanol–water partition coefficient (Wildman–Crippen LogP) is 2.68. The molecule has 30 heavy (non-hydrogen) atoms. The van der Waals surface area contributed by atoms with Gasteiger partial charge in [-0.05, 0) is 24.6 Å². The van der Waals surface area contributed by atoms with Crippen LogP contribution in [0.5, 0.6) is 0 Å². The van der Waals surface area contributed by atoms with E-state index in [4.69, 9.17) is 0 Å². The van der Waals surface area contributed by atoms with E-state index in [-0.39, 0.29) is 5.56 Å². The van der Waals surface area contributed by atoms with E-state index in [9.17, 15) is 18.0 Å². The maximum atomic E-state index is 13.1. The predicted molar refractivity (Wildman–Crippen MR) is 107 cm³/mol. The van der Waals surface area contributed by atoms with Gasteiger partial charge in [0.1, 0.15) is 0 Å². The summed E-state index contributed by atoms with van der Waals surface area (Å²) in [6.07, 6.45) is -1.04. The van der Waals surface area contributed by atoms with Crippen LogP contribution in [-0.2, 0) is 6.18 Å². The third kappa shape index (κ3) is 5.82. The van der Waals surface area contributed by atoms with Gasteiger partial charge < -0.3 is 15.5 Å². The molecule has 2 aromatic rings. The Kier molecular flexibility index (Phi) is 7.09. The summed E-state index contributed by atoms with van der Waals surface area (Å²) in [6.45, 7) is 5.82. The van der Waals surface area contributed by atoms with Crippen LogP contribution in [0.15, 0.2) is 42.7 Å². The lowest BCUT2D eigenvalue weighted by atomic mass is 10.0. The van der Waals surface area contributed by atoms with Crippen LogP contribution in [0.25, 0.3) is 0 Å². The highest BCUT2D eigenvalue weighted by atomic mass is 19.4. The Balaban J connectivity index is 1.41. The summed E-state index contributed by atoms with van der Waals surface area (Å²) in [6, 6.07) is 5.78. The molecule has 1 fully saturated rings. The zero-order valence-corrected chi connectivity index (χ0v) is 16.7. The van der Waals surface area contributed by atoms with E-state index < -0.39 is 23.8 Å². The molecule has 0 bridgehead atoms. The van der Waals surface area contributed by atoms with Crippen molar-refractivity contribution in [3.05, 3.63) is 53.9 Å². The smallest absolute Gasteiger partial charge is 0.338 e. The largest absolute Gasteiger partial charge is 0.416 e. The lowest BCUT2D eigenvalue weighted by Crippen LogP contribution is -2.49. The molecule has 162 valence electrons. The Morgan fingerprint density at radius 1 is 1.10 bits per heavy atom. The summed E-state index contributed by atoms with van der Waals surface area (Å²) in [5.41, 5.74) is -0.697. The van der Waals surface area contributed by atoms with Crippen LogP contribution in [0.1, 0.15) is 24.1 Å². The first-order valence-electron chi connectivity index (χ1n) is 9.79. The van der Waals surface area contributed by atoms with E-state index in [0.717, 1.165) is 32.2 Å². The topological polar surface area (TPSA) is 73.4 Å². The number of urea groups is 1. The second-order valence-electron chi connectivity index (χ2n) is 7.08. The number of amides is 2. The molecular formula is C20H25F3N6O. The number of halogens is 3. The highest BCUT2D eigenvalue weighted by Gasteiger charge is 2.34. The standard InChI is InChI=1S/C20H25F3N6O/c1-15(16-5-2-3-6-17(16)20(21,22)23)27-19(30)26-9-10-28-11-13-29(14-12-28)18-24-7-4-8-25-18/h2-8,15H,9-14H2,1H3,(H2,26,27,30). The lowest BCUT2D eigenvalue weighted by Gasteiger charge is -2.34. The monoisotopic (exact) mass is 422 g/mol. The number of rotatable bonds is 6. The first-order valence-corrected chi connectivity index (χ1v) is 9.79. The van der Waals surface area contributed by atoms with Crippen LogP contribution >= 0.6 is 0 Å². The number of piperazine rings is 1. The van der Waals surface area contributed by atoms with Crippen molar-refractivity contribution < 1.29 is 18.0 Å². The number of nitrogens with one attached hydrogen (secondary N) is 2. The van der Waals surface area contributed by atoms with E-state index in [1.807, 2.05) is 0 Å². The third-order valence-corrected chi connectivity index (χ3v) is 5.00. The number of nitrogens with zero attached hydrogens (tertiary/aromatic N) is 4. The van der Waals surface area contributed by atoms with Crippen LogP contribution in [0, 0.1) is 0 Å². The van der Waals surface area contributed by atoms with E-state index >= 15 is 0 Å². The summed E-state index contributed by atoms with van der Waals surface area (Å²) in [5, 5.41) is 5.30. The number of alkyl halides is 3. The molecule has 2 amide bonds. The normalized spacial score (nSPS) is 16.2. The van der Waals surface area contributed by atoms with Crippen molar-refractivity contribution in [1.29, 1.82) is 0 Å². The minimum Gasteiger partial charge on any atom is -0.338 e. The minimum absolute atomic E-state index is 0.0411. The van der Waals surface area contributed by atoms with Gasteiger partial charge >= 0.3 is 12.2 Å². The average Bonchev–Trinajstić information content (AvgIpc) is 2.74. The molecule has 0 radical (unpaired) electrons. The molecule has 1 aromatic heterocycles. The zero-order valence-electron chi connectivity index (χ0n) is 16.7. The maximum absolute atomic E-state index is 13.1. The van der Waals surface area contributed by atoms with Gasteiger partial charge in [0.2, 0.25) is 5.95 Å². The number of anilines is 1. The SMILES string of the molecule is CC(NC(=O)NCCN1CCN(c2ncccn2)CC1)c1ccccc1C(F)(F)F. The average molecular weight is 422 g/mol. The van der Waals surface area contributed by atoms with E-state index in [2.05, 4.69) is 30.4 Å². The summed E-state index contributed by atoms with van der Waals surface area (Å²) >= 11 is 0. The molecule has 1 aliphatic rings. The van der Waals surface area contributed by atoms with Crippen LogP contribution in [0.2, 0.25) is 0 Å². The van der Waals surface area contributed by atoms with Gasteiger partial charge in [-0.1, -0.05) is 18.2 Å². The summed E-state index contributed by atoms with van der Waals surface area (Å²) < 4.78 is 39.4. The van der Waals surface area contributed by atoms with Gasteiger partial charge in [-0.25, -0.2) is 14.8 Å². The van der Waals surface area contributed by atoms with Gasteiger partial charge in [-0.3, -0.25) is 4.90 Å². The molecule has 7 nitrogen and oxygen atoms in total. The molecule has 1 unspecified atom stereocenters. The van der Waals surface area contributed by atoms with Gasteiger partial charge in [0.15, 0.2) is 0 Å². The first kappa shape index (κ1) is 21.8. The number of carbonyl (C=O) groups excluding carboxylic acids is 1. The highest BCUT2D eigenvalue weighted by Crippen LogP contribution is 2.34. The van der Waals surface area contributed by atoms with Crippen molar-refractivity contribution in [2.75, 3.05) is 44.2 Å². The van der Waals surface area contributed by atoms with E-state index in [0.29, 0.717) is 19.0 Å². The van der Waals surface area contributed by atoms with E-state index in [1.165, 1.54) is 25.1 Å². The fraction of sp³-hybridized carbons (Fsp3) is 0.450. The van der Waals surface area contributed by atoms with Crippen molar-refractivity contribution >= 4 is 12.0 Å². The summed E-state index contributed by atoms with van der Waals surface area (Å²) in [4.78, 5) is 24.9. The van der Waals surface area contributed by atoms with Gasteiger partial charge in [0, 0.05) is 51.7 Å². The molecule has 1 saturated heterocycles. The lowest BCUT2D eigenvalue weighted by molar-refractivity contribution is -0.138. The highest BCUT2D eigenvalue weighted by molar-refractivity contribution is 5.74. The number of carbonyl (C=O) groups is 1. The van der Waals surface area contributed by atoms with Crippen LogP contribution < -0.4 is 15.5 Å². The van der Waals surface area contributed by atoms with E-state index in [1.54, 1.807) is 18.5 Å². The van der Waals surface area contributed by atoms with Gasteiger partial charge in [0.25, 0.3) is 0 Å². The number of hydrogen-bond donors (Lipinski definition) is 2. The molecular weight excluding hydrogens is 397 g/mol. The van der Waals surface area contributed by atoms with Crippen molar-refractivity contribution in [2.24, 2.45) is 0 Å². The molecule has 1 aliphatic heterocycles. The quantitative estimate of drug-likeness (QED) is 0.749.